The maximum absolute atomic E-state index is 11.8. The minimum Gasteiger partial charge on any atom is -0.478 e. The zero-order chi connectivity index (χ0) is 15.1. The number of aliphatic hydroxyl groups excluding tert-OH is 1. The van der Waals surface area contributed by atoms with Gasteiger partial charge in [-0.3, -0.25) is 9.59 Å². The van der Waals surface area contributed by atoms with Crippen LogP contribution in [0.1, 0.15) is 12.5 Å². The number of nitrogens with one attached hydrogen (secondary N) is 2. The Balaban J connectivity index is 2.75. The van der Waals surface area contributed by atoms with Crippen molar-refractivity contribution >= 4 is 17.8 Å². The van der Waals surface area contributed by atoms with E-state index in [0.29, 0.717) is 0 Å². The summed E-state index contributed by atoms with van der Waals surface area (Å²) < 4.78 is 0. The molecule has 0 aliphatic heterocycles. The smallest absolute Gasteiger partial charge is 0.353 e. The third-order valence-corrected chi connectivity index (χ3v) is 2.49. The fourth-order valence-corrected chi connectivity index (χ4v) is 1.60. The Morgan fingerprint density at radius 1 is 1.15 bits per heavy atom. The first kappa shape index (κ1) is 15.6. The second-order valence-electron chi connectivity index (χ2n) is 4.19. The molecule has 0 fully saturated rings. The highest BCUT2D eigenvalue weighted by molar-refractivity contribution is 5.89. The SMILES string of the molecule is CC(=O)N[C@@H](Cc1ccccc1)C(=O)N[C@@H](O)C(=O)O. The number of carbonyl (C=O) groups is 3. The lowest BCUT2D eigenvalue weighted by atomic mass is 10.1. The van der Waals surface area contributed by atoms with Gasteiger partial charge in [-0.1, -0.05) is 30.3 Å². The number of hydrogen-bond donors (Lipinski definition) is 4. The topological polar surface area (TPSA) is 116 Å². The molecule has 0 heterocycles. The van der Waals surface area contributed by atoms with Crippen LogP contribution in [0.5, 0.6) is 0 Å². The Morgan fingerprint density at radius 2 is 1.75 bits per heavy atom. The summed E-state index contributed by atoms with van der Waals surface area (Å²) in [6.45, 7) is 1.25. The highest BCUT2D eigenvalue weighted by Crippen LogP contribution is 2.03. The van der Waals surface area contributed by atoms with Crippen LogP contribution in [0.25, 0.3) is 0 Å². The van der Waals surface area contributed by atoms with Crippen LogP contribution >= 0.6 is 0 Å². The van der Waals surface area contributed by atoms with E-state index in [1.165, 1.54) is 6.92 Å². The van der Waals surface area contributed by atoms with E-state index in [9.17, 15) is 14.4 Å². The molecule has 7 nitrogen and oxygen atoms in total. The van der Waals surface area contributed by atoms with E-state index < -0.39 is 30.1 Å². The summed E-state index contributed by atoms with van der Waals surface area (Å²) >= 11 is 0. The van der Waals surface area contributed by atoms with Crippen LogP contribution in [0.2, 0.25) is 0 Å². The van der Waals surface area contributed by atoms with Crippen LogP contribution in [0.15, 0.2) is 30.3 Å². The maximum atomic E-state index is 11.8. The van der Waals surface area contributed by atoms with Crippen LogP contribution in [-0.4, -0.2) is 40.3 Å². The normalized spacial score (nSPS) is 13.1. The summed E-state index contributed by atoms with van der Waals surface area (Å²) in [6, 6.07) is 7.97. The standard InChI is InChI=1S/C13H16N2O5/c1-8(16)14-10(7-9-5-3-2-4-6-9)11(17)15-12(18)13(19)20/h2-6,10,12,18H,7H2,1H3,(H,14,16)(H,15,17)(H,19,20)/t10-,12-/m0/s1. The van der Waals surface area contributed by atoms with Crippen molar-refractivity contribution < 1.29 is 24.6 Å². The van der Waals surface area contributed by atoms with Gasteiger partial charge in [0.25, 0.3) is 0 Å². The third kappa shape index (κ3) is 5.07. The van der Waals surface area contributed by atoms with Crippen LogP contribution < -0.4 is 10.6 Å². The highest BCUT2D eigenvalue weighted by Gasteiger charge is 2.24. The van der Waals surface area contributed by atoms with Crippen molar-refractivity contribution in [1.29, 1.82) is 0 Å². The van der Waals surface area contributed by atoms with Gasteiger partial charge in [-0.2, -0.15) is 0 Å². The highest BCUT2D eigenvalue weighted by atomic mass is 16.4. The minimum absolute atomic E-state index is 0.193. The molecule has 4 N–H and O–H groups in total. The molecule has 2 amide bonds. The third-order valence-electron chi connectivity index (χ3n) is 2.49. The lowest BCUT2D eigenvalue weighted by molar-refractivity contribution is -0.151. The fourth-order valence-electron chi connectivity index (χ4n) is 1.60. The van der Waals surface area contributed by atoms with Crippen LogP contribution in [0, 0.1) is 0 Å². The number of aliphatic hydroxyl groups is 1. The van der Waals surface area contributed by atoms with Crippen molar-refractivity contribution in [2.75, 3.05) is 0 Å². The van der Waals surface area contributed by atoms with Crippen molar-refractivity contribution in [3.05, 3.63) is 35.9 Å². The number of benzene rings is 1. The molecule has 0 saturated carbocycles. The van der Waals surface area contributed by atoms with E-state index in [0.717, 1.165) is 5.56 Å². The van der Waals surface area contributed by atoms with Gasteiger partial charge >= 0.3 is 5.97 Å². The molecule has 0 aliphatic carbocycles. The first-order valence-corrected chi connectivity index (χ1v) is 5.92. The van der Waals surface area contributed by atoms with Gasteiger partial charge in [0.1, 0.15) is 6.04 Å². The summed E-state index contributed by atoms with van der Waals surface area (Å²) in [5, 5.41) is 22.0. The van der Waals surface area contributed by atoms with E-state index in [2.05, 4.69) is 5.32 Å². The van der Waals surface area contributed by atoms with Crippen molar-refractivity contribution in [3.8, 4) is 0 Å². The molecule has 0 unspecified atom stereocenters. The molecule has 0 aromatic heterocycles. The van der Waals surface area contributed by atoms with Crippen molar-refractivity contribution in [2.45, 2.75) is 25.6 Å². The van der Waals surface area contributed by atoms with Gasteiger partial charge in [0.2, 0.25) is 18.0 Å². The predicted octanol–water partition coefficient (Wildman–Crippen LogP) is -0.747. The van der Waals surface area contributed by atoms with Gasteiger partial charge in [-0.05, 0) is 5.56 Å². The second-order valence-corrected chi connectivity index (χ2v) is 4.19. The van der Waals surface area contributed by atoms with Crippen LogP contribution in [0.4, 0.5) is 0 Å². The lowest BCUT2D eigenvalue weighted by Gasteiger charge is -2.18. The molecule has 1 rings (SSSR count). The van der Waals surface area contributed by atoms with Crippen molar-refractivity contribution in [2.24, 2.45) is 0 Å². The first-order valence-electron chi connectivity index (χ1n) is 5.92. The van der Waals surface area contributed by atoms with Crippen molar-refractivity contribution in [3.63, 3.8) is 0 Å². The molecule has 0 bridgehead atoms. The largest absolute Gasteiger partial charge is 0.478 e. The number of hydrogen-bond acceptors (Lipinski definition) is 4. The average molecular weight is 280 g/mol. The van der Waals surface area contributed by atoms with Gasteiger partial charge in [0.05, 0.1) is 0 Å². The summed E-state index contributed by atoms with van der Waals surface area (Å²) in [6.07, 6.45) is -1.81. The summed E-state index contributed by atoms with van der Waals surface area (Å²) in [5.74, 6) is -2.76. The van der Waals surface area contributed by atoms with E-state index in [1.54, 1.807) is 24.3 Å². The fraction of sp³-hybridized carbons (Fsp3) is 0.308. The monoisotopic (exact) mass is 280 g/mol. The second kappa shape index (κ2) is 7.25. The Kier molecular flexibility index (Phi) is 5.67. The van der Waals surface area contributed by atoms with Gasteiger partial charge < -0.3 is 20.8 Å². The quantitative estimate of drug-likeness (QED) is 0.512. The molecule has 2 atom stereocenters. The Bertz CT molecular complexity index is 489. The van der Waals surface area contributed by atoms with Gasteiger partial charge in [0.15, 0.2) is 0 Å². The van der Waals surface area contributed by atoms with E-state index in [4.69, 9.17) is 10.2 Å². The molecule has 20 heavy (non-hydrogen) atoms. The minimum atomic E-state index is -2.01. The molecule has 1 aromatic rings. The molecule has 0 spiro atoms. The van der Waals surface area contributed by atoms with Crippen LogP contribution in [0.3, 0.4) is 0 Å². The van der Waals surface area contributed by atoms with E-state index >= 15 is 0 Å². The molecule has 0 aliphatic rings. The molecule has 0 saturated heterocycles. The predicted molar refractivity (Wildman–Crippen MR) is 69.5 cm³/mol. The Hall–Kier alpha value is -2.41. The molecule has 108 valence electrons. The zero-order valence-corrected chi connectivity index (χ0v) is 10.9. The summed E-state index contributed by atoms with van der Waals surface area (Å²) in [7, 11) is 0. The first-order chi connectivity index (χ1) is 9.40. The summed E-state index contributed by atoms with van der Waals surface area (Å²) in [4.78, 5) is 33.4. The molecule has 7 heteroatoms. The van der Waals surface area contributed by atoms with Gasteiger partial charge in [-0.15, -0.1) is 0 Å². The number of aliphatic carboxylic acids is 1. The van der Waals surface area contributed by atoms with Crippen molar-refractivity contribution in [1.82, 2.24) is 10.6 Å². The number of carbonyl (C=O) groups excluding carboxylic acids is 2. The van der Waals surface area contributed by atoms with E-state index in [-0.39, 0.29) is 6.42 Å². The average Bonchev–Trinajstić information content (AvgIpc) is 2.38. The number of carboxylic acids is 1. The van der Waals surface area contributed by atoms with E-state index in [1.807, 2.05) is 11.4 Å². The molecular formula is C13H16N2O5. The number of rotatable bonds is 6. The number of amides is 2. The molecule has 0 radical (unpaired) electrons. The zero-order valence-electron chi connectivity index (χ0n) is 10.9. The van der Waals surface area contributed by atoms with Gasteiger partial charge in [0, 0.05) is 13.3 Å². The Labute approximate surface area is 115 Å². The van der Waals surface area contributed by atoms with Crippen LogP contribution in [-0.2, 0) is 20.8 Å². The molecule has 1 aromatic carbocycles. The number of carboxylic acid groups (broad SMARTS) is 1. The maximum Gasteiger partial charge on any atom is 0.353 e. The summed E-state index contributed by atoms with van der Waals surface area (Å²) in [5.41, 5.74) is 0.797. The lowest BCUT2D eigenvalue weighted by Crippen LogP contribution is -2.52. The Morgan fingerprint density at radius 3 is 2.25 bits per heavy atom. The molecular weight excluding hydrogens is 264 g/mol. The van der Waals surface area contributed by atoms with Gasteiger partial charge in [-0.25, -0.2) is 4.79 Å².